The highest BCUT2D eigenvalue weighted by Gasteiger charge is 2.31. The van der Waals surface area contributed by atoms with Gasteiger partial charge in [-0.25, -0.2) is 4.79 Å². The summed E-state index contributed by atoms with van der Waals surface area (Å²) < 4.78 is 10.9. The Hall–Kier alpha value is -2.84. The fourth-order valence-electron chi connectivity index (χ4n) is 3.47. The van der Waals surface area contributed by atoms with Gasteiger partial charge in [-0.05, 0) is 23.8 Å². The van der Waals surface area contributed by atoms with E-state index in [4.69, 9.17) is 21.1 Å². The molecule has 0 aliphatic carbocycles. The molecule has 1 amide bonds. The van der Waals surface area contributed by atoms with Crippen LogP contribution in [0.4, 0.5) is 21.9 Å². The van der Waals surface area contributed by atoms with Crippen molar-refractivity contribution in [1.29, 1.82) is 0 Å². The smallest absolute Gasteiger partial charge is 0.414 e. The van der Waals surface area contributed by atoms with E-state index in [0.717, 1.165) is 11.3 Å². The highest BCUT2D eigenvalue weighted by atomic mass is 35.5. The molecule has 0 bridgehead atoms. The molecule has 9 heteroatoms. The second-order valence-corrected chi connectivity index (χ2v) is 6.99. The highest BCUT2D eigenvalue weighted by Crippen LogP contribution is 2.37. The third kappa shape index (κ3) is 3.61. The van der Waals surface area contributed by atoms with Gasteiger partial charge in [-0.2, -0.15) is 0 Å². The van der Waals surface area contributed by atoms with Gasteiger partial charge in [0, 0.05) is 30.2 Å². The van der Waals surface area contributed by atoms with Crippen LogP contribution in [0, 0.1) is 10.1 Å². The van der Waals surface area contributed by atoms with Crippen molar-refractivity contribution in [1.82, 2.24) is 0 Å². The van der Waals surface area contributed by atoms with E-state index in [9.17, 15) is 14.9 Å². The average molecular weight is 404 g/mol. The average Bonchev–Trinajstić information content (AvgIpc) is 3.14. The van der Waals surface area contributed by atoms with E-state index in [0.29, 0.717) is 37.0 Å². The normalized spacial score (nSPS) is 19.6. The molecule has 28 heavy (non-hydrogen) atoms. The molecule has 4 rings (SSSR count). The van der Waals surface area contributed by atoms with Crippen molar-refractivity contribution in [2.24, 2.45) is 0 Å². The Morgan fingerprint density at radius 2 is 1.86 bits per heavy atom. The van der Waals surface area contributed by atoms with Crippen LogP contribution >= 0.6 is 11.6 Å². The third-order valence-electron chi connectivity index (χ3n) is 4.87. The van der Waals surface area contributed by atoms with Gasteiger partial charge < -0.3 is 14.4 Å². The number of amides is 1. The predicted octanol–water partition coefficient (Wildman–Crippen LogP) is 3.78. The Morgan fingerprint density at radius 3 is 2.54 bits per heavy atom. The highest BCUT2D eigenvalue weighted by molar-refractivity contribution is 6.30. The zero-order valence-corrected chi connectivity index (χ0v) is 15.7. The minimum absolute atomic E-state index is 0.0686. The molecule has 0 N–H and O–H groups in total. The summed E-state index contributed by atoms with van der Waals surface area (Å²) in [7, 11) is 0. The number of benzene rings is 2. The van der Waals surface area contributed by atoms with E-state index >= 15 is 0 Å². The van der Waals surface area contributed by atoms with Crippen molar-refractivity contribution in [2.75, 3.05) is 42.6 Å². The maximum absolute atomic E-state index is 12.1. The second-order valence-electron chi connectivity index (χ2n) is 6.55. The molecule has 0 saturated carbocycles. The number of halogens is 1. The van der Waals surface area contributed by atoms with E-state index in [1.54, 1.807) is 6.07 Å². The minimum atomic E-state index is -0.496. The van der Waals surface area contributed by atoms with Gasteiger partial charge in [0.25, 0.3) is 5.69 Å². The fourth-order valence-corrected chi connectivity index (χ4v) is 3.59. The first kappa shape index (κ1) is 18.5. The fraction of sp³-hybridized carbons (Fsp3) is 0.316. The van der Waals surface area contributed by atoms with Gasteiger partial charge in [0.05, 0.1) is 29.4 Å². The molecule has 2 saturated heterocycles. The summed E-state index contributed by atoms with van der Waals surface area (Å²) in [4.78, 5) is 26.4. The summed E-state index contributed by atoms with van der Waals surface area (Å²) >= 11 is 5.97. The van der Waals surface area contributed by atoms with Gasteiger partial charge in [0.15, 0.2) is 0 Å². The lowest BCUT2D eigenvalue weighted by Crippen LogP contribution is -2.39. The zero-order chi connectivity index (χ0) is 19.7. The van der Waals surface area contributed by atoms with Crippen LogP contribution in [0.25, 0.3) is 0 Å². The number of morpholine rings is 1. The number of hydrogen-bond acceptors (Lipinski definition) is 6. The zero-order valence-electron chi connectivity index (χ0n) is 14.9. The molecule has 0 aromatic heterocycles. The maximum atomic E-state index is 12.1. The lowest BCUT2D eigenvalue weighted by Gasteiger charge is -2.36. The van der Waals surface area contributed by atoms with E-state index in [2.05, 4.69) is 4.90 Å². The van der Waals surface area contributed by atoms with Crippen molar-refractivity contribution < 1.29 is 19.2 Å². The molecule has 2 heterocycles. The van der Waals surface area contributed by atoms with Gasteiger partial charge in [-0.15, -0.1) is 0 Å². The van der Waals surface area contributed by atoms with Crippen molar-refractivity contribution >= 4 is 34.8 Å². The topological polar surface area (TPSA) is 85.1 Å². The van der Waals surface area contributed by atoms with Crippen LogP contribution < -0.4 is 9.80 Å². The number of cyclic esters (lactones) is 1. The van der Waals surface area contributed by atoms with Gasteiger partial charge in [0.1, 0.15) is 12.7 Å². The number of anilines is 2. The van der Waals surface area contributed by atoms with E-state index < -0.39 is 11.0 Å². The van der Waals surface area contributed by atoms with Crippen LogP contribution in [0.3, 0.4) is 0 Å². The maximum Gasteiger partial charge on any atom is 0.414 e. The lowest BCUT2D eigenvalue weighted by atomic mass is 10.1. The van der Waals surface area contributed by atoms with Crippen molar-refractivity contribution in [2.45, 2.75) is 6.10 Å². The third-order valence-corrected chi connectivity index (χ3v) is 5.12. The van der Waals surface area contributed by atoms with Crippen LogP contribution in [0.5, 0.6) is 0 Å². The Labute approximate surface area is 166 Å². The number of ether oxygens (including phenoxy) is 2. The Balaban J connectivity index is 1.66. The predicted molar refractivity (Wildman–Crippen MR) is 104 cm³/mol. The van der Waals surface area contributed by atoms with Crippen LogP contribution in [-0.2, 0) is 9.47 Å². The van der Waals surface area contributed by atoms with Gasteiger partial charge in [0.2, 0.25) is 0 Å². The SMILES string of the molecule is O=C1OCCN1c1cc([N+](=O)[O-])ccc1N1CCOC(c2ccc(Cl)cc2)C1. The summed E-state index contributed by atoms with van der Waals surface area (Å²) in [6.45, 7) is 2.27. The second kappa shape index (κ2) is 7.65. The van der Waals surface area contributed by atoms with Crippen molar-refractivity contribution in [3.05, 3.63) is 63.2 Å². The molecule has 2 fully saturated rings. The number of carbonyl (C=O) groups excluding carboxylic acids is 1. The van der Waals surface area contributed by atoms with Crippen molar-refractivity contribution in [3.63, 3.8) is 0 Å². The lowest BCUT2D eigenvalue weighted by molar-refractivity contribution is -0.384. The number of carbonyl (C=O) groups is 1. The number of hydrogen-bond donors (Lipinski definition) is 0. The van der Waals surface area contributed by atoms with Gasteiger partial charge >= 0.3 is 6.09 Å². The van der Waals surface area contributed by atoms with Gasteiger partial charge in [-0.3, -0.25) is 15.0 Å². The summed E-state index contributed by atoms with van der Waals surface area (Å²) in [5.74, 6) is 0. The molecule has 0 spiro atoms. The molecule has 2 aromatic rings. The Morgan fingerprint density at radius 1 is 1.07 bits per heavy atom. The largest absolute Gasteiger partial charge is 0.447 e. The van der Waals surface area contributed by atoms with Crippen LogP contribution in [0.1, 0.15) is 11.7 Å². The minimum Gasteiger partial charge on any atom is -0.447 e. The summed E-state index contributed by atoms with van der Waals surface area (Å²) in [6, 6.07) is 12.0. The van der Waals surface area contributed by atoms with Crippen molar-refractivity contribution in [3.8, 4) is 0 Å². The molecule has 8 nitrogen and oxygen atoms in total. The summed E-state index contributed by atoms with van der Waals surface area (Å²) in [5, 5.41) is 11.9. The molecular weight excluding hydrogens is 386 g/mol. The molecule has 146 valence electrons. The summed E-state index contributed by atoms with van der Waals surface area (Å²) in [5.41, 5.74) is 2.15. The standard InChI is InChI=1S/C19H18ClN3O5/c20-14-3-1-13(2-4-14)18-12-21(7-9-27-18)16-6-5-15(23(25)26)11-17(16)22-8-10-28-19(22)24/h1-6,11,18H,7-10,12H2. The number of nitro groups is 1. The van der Waals surface area contributed by atoms with Gasteiger partial charge in [-0.1, -0.05) is 23.7 Å². The number of nitro benzene ring substituents is 1. The van der Waals surface area contributed by atoms with E-state index in [1.165, 1.54) is 17.0 Å². The molecule has 2 aliphatic heterocycles. The Kier molecular flexibility index (Phi) is 5.06. The first-order valence-corrected chi connectivity index (χ1v) is 9.25. The number of nitrogens with zero attached hydrogens (tertiary/aromatic N) is 3. The van der Waals surface area contributed by atoms with E-state index in [-0.39, 0.29) is 18.4 Å². The molecule has 2 aliphatic rings. The number of rotatable bonds is 4. The van der Waals surface area contributed by atoms with Crippen LogP contribution in [0.2, 0.25) is 5.02 Å². The molecule has 1 atom stereocenters. The van der Waals surface area contributed by atoms with Crippen LogP contribution in [-0.4, -0.2) is 43.9 Å². The molecule has 0 radical (unpaired) electrons. The quantitative estimate of drug-likeness (QED) is 0.570. The van der Waals surface area contributed by atoms with Crippen LogP contribution in [0.15, 0.2) is 42.5 Å². The first-order chi connectivity index (χ1) is 13.5. The van der Waals surface area contributed by atoms with E-state index in [1.807, 2.05) is 24.3 Å². The molecule has 1 unspecified atom stereocenters. The monoisotopic (exact) mass is 403 g/mol. The first-order valence-electron chi connectivity index (χ1n) is 8.87. The molecule has 2 aromatic carbocycles. The number of non-ortho nitro benzene ring substituents is 1. The molecular formula is C19H18ClN3O5. The summed E-state index contributed by atoms with van der Waals surface area (Å²) in [6.07, 6.45) is -0.663. The Bertz CT molecular complexity index is 905.